The van der Waals surface area contributed by atoms with Crippen molar-refractivity contribution in [2.75, 3.05) is 0 Å². The molecule has 0 saturated heterocycles. The lowest BCUT2D eigenvalue weighted by Crippen LogP contribution is -1.96. The molecular formula is C17H30. The van der Waals surface area contributed by atoms with Gasteiger partial charge in [0.1, 0.15) is 0 Å². The number of allylic oxidation sites excluding steroid dienone is 5. The molecule has 0 fully saturated rings. The quantitative estimate of drug-likeness (QED) is 0.425. The summed E-state index contributed by atoms with van der Waals surface area (Å²) in [5.41, 5.74) is 2.96. The summed E-state index contributed by atoms with van der Waals surface area (Å²) in [5, 5.41) is 0. The lowest BCUT2D eigenvalue weighted by molar-refractivity contribution is 0.480. The van der Waals surface area contributed by atoms with Gasteiger partial charge in [-0.2, -0.15) is 0 Å². The van der Waals surface area contributed by atoms with E-state index in [0.717, 1.165) is 5.92 Å². The summed E-state index contributed by atoms with van der Waals surface area (Å²) in [5.74, 6) is 0.828. The summed E-state index contributed by atoms with van der Waals surface area (Å²) >= 11 is 0. The minimum Gasteiger partial charge on any atom is -0.103 e. The van der Waals surface area contributed by atoms with Crippen LogP contribution in [0.3, 0.4) is 0 Å². The van der Waals surface area contributed by atoms with E-state index in [4.69, 9.17) is 0 Å². The van der Waals surface area contributed by atoms with Crippen LogP contribution in [0.2, 0.25) is 0 Å². The smallest absolute Gasteiger partial charge is 0.0288 e. The Bertz CT molecular complexity index is 251. The van der Waals surface area contributed by atoms with Crippen molar-refractivity contribution < 1.29 is 0 Å². The fourth-order valence-corrected chi connectivity index (χ4v) is 1.98. The summed E-state index contributed by atoms with van der Waals surface area (Å²) in [6.07, 6.45) is 14.2. The standard InChI is InChI=1S/C17H30/c1-6-10-17(7-2)14-9-13-16(5)12-8-11-15(3)4/h6,11,13,17H,1,7-10,12,14H2,2-5H3. The third kappa shape index (κ3) is 10.1. The van der Waals surface area contributed by atoms with E-state index >= 15 is 0 Å². The topological polar surface area (TPSA) is 0 Å². The summed E-state index contributed by atoms with van der Waals surface area (Å²) in [7, 11) is 0. The second kappa shape index (κ2) is 10.4. The Morgan fingerprint density at radius 1 is 1.12 bits per heavy atom. The van der Waals surface area contributed by atoms with Gasteiger partial charge in [-0.25, -0.2) is 0 Å². The van der Waals surface area contributed by atoms with Crippen molar-refractivity contribution >= 4 is 0 Å². The summed E-state index contributed by atoms with van der Waals surface area (Å²) in [4.78, 5) is 0. The van der Waals surface area contributed by atoms with Crippen molar-refractivity contribution in [3.63, 3.8) is 0 Å². The highest BCUT2D eigenvalue weighted by molar-refractivity contribution is 5.02. The SMILES string of the molecule is C=CCC(CC)CCC=C(C)CCC=C(C)C. The van der Waals surface area contributed by atoms with Gasteiger partial charge in [-0.1, -0.05) is 42.7 Å². The zero-order valence-corrected chi connectivity index (χ0v) is 12.3. The Hall–Kier alpha value is -0.780. The van der Waals surface area contributed by atoms with Crippen molar-refractivity contribution in [2.24, 2.45) is 5.92 Å². The first-order valence-electron chi connectivity index (χ1n) is 7.00. The van der Waals surface area contributed by atoms with Gasteiger partial charge in [-0.15, -0.1) is 6.58 Å². The highest BCUT2D eigenvalue weighted by atomic mass is 14.1. The van der Waals surface area contributed by atoms with Gasteiger partial charge in [0.2, 0.25) is 0 Å². The van der Waals surface area contributed by atoms with Crippen LogP contribution in [0.15, 0.2) is 36.0 Å². The van der Waals surface area contributed by atoms with E-state index in [1.54, 1.807) is 0 Å². The molecule has 0 heterocycles. The first-order valence-corrected chi connectivity index (χ1v) is 7.00. The van der Waals surface area contributed by atoms with Crippen molar-refractivity contribution in [1.82, 2.24) is 0 Å². The molecule has 0 aromatic carbocycles. The van der Waals surface area contributed by atoms with Crippen molar-refractivity contribution in [2.45, 2.75) is 66.2 Å². The molecule has 0 aromatic rings. The lowest BCUT2D eigenvalue weighted by Gasteiger charge is -2.10. The first-order chi connectivity index (χ1) is 8.10. The van der Waals surface area contributed by atoms with Gasteiger partial charge in [-0.05, 0) is 58.8 Å². The zero-order valence-electron chi connectivity index (χ0n) is 12.3. The second-order valence-electron chi connectivity index (χ2n) is 5.25. The lowest BCUT2D eigenvalue weighted by atomic mass is 9.96. The predicted octanol–water partition coefficient (Wildman–Crippen LogP) is 6.06. The molecule has 0 bridgehead atoms. The third-order valence-corrected chi connectivity index (χ3v) is 3.24. The minimum absolute atomic E-state index is 0.828. The van der Waals surface area contributed by atoms with Gasteiger partial charge in [-0.3, -0.25) is 0 Å². The highest BCUT2D eigenvalue weighted by Gasteiger charge is 2.02. The molecule has 0 saturated carbocycles. The Kier molecular flexibility index (Phi) is 9.90. The van der Waals surface area contributed by atoms with Gasteiger partial charge < -0.3 is 0 Å². The van der Waals surface area contributed by atoms with Crippen LogP contribution in [-0.4, -0.2) is 0 Å². The Balaban J connectivity index is 3.82. The van der Waals surface area contributed by atoms with Crippen LogP contribution in [0.1, 0.15) is 66.2 Å². The van der Waals surface area contributed by atoms with Crippen molar-refractivity contribution in [3.05, 3.63) is 36.0 Å². The number of hydrogen-bond donors (Lipinski definition) is 0. The van der Waals surface area contributed by atoms with E-state index in [1.165, 1.54) is 49.7 Å². The van der Waals surface area contributed by atoms with E-state index < -0.39 is 0 Å². The molecular weight excluding hydrogens is 204 g/mol. The van der Waals surface area contributed by atoms with Crippen LogP contribution in [0.25, 0.3) is 0 Å². The monoisotopic (exact) mass is 234 g/mol. The third-order valence-electron chi connectivity index (χ3n) is 3.24. The second-order valence-corrected chi connectivity index (χ2v) is 5.25. The predicted molar refractivity (Wildman–Crippen MR) is 80.3 cm³/mol. The van der Waals surface area contributed by atoms with Crippen LogP contribution >= 0.6 is 0 Å². The van der Waals surface area contributed by atoms with E-state index in [0.29, 0.717) is 0 Å². The number of hydrogen-bond acceptors (Lipinski definition) is 0. The minimum atomic E-state index is 0.828. The average molecular weight is 234 g/mol. The van der Waals surface area contributed by atoms with Gasteiger partial charge in [0.05, 0.1) is 0 Å². The molecule has 1 atom stereocenters. The molecule has 0 aliphatic carbocycles. The van der Waals surface area contributed by atoms with E-state index in [1.807, 2.05) is 0 Å². The zero-order chi connectivity index (χ0) is 13.1. The van der Waals surface area contributed by atoms with Crippen LogP contribution in [0, 0.1) is 5.92 Å². The molecule has 0 aromatic heterocycles. The van der Waals surface area contributed by atoms with Gasteiger partial charge in [0.15, 0.2) is 0 Å². The summed E-state index contributed by atoms with van der Waals surface area (Å²) in [6.45, 7) is 12.7. The molecule has 0 nitrogen and oxygen atoms in total. The van der Waals surface area contributed by atoms with Crippen LogP contribution in [-0.2, 0) is 0 Å². The normalized spacial score (nSPS) is 13.3. The molecule has 1 unspecified atom stereocenters. The average Bonchev–Trinajstić information content (AvgIpc) is 2.27. The van der Waals surface area contributed by atoms with Gasteiger partial charge >= 0.3 is 0 Å². The van der Waals surface area contributed by atoms with Crippen molar-refractivity contribution in [3.8, 4) is 0 Å². The highest BCUT2D eigenvalue weighted by Crippen LogP contribution is 2.17. The van der Waals surface area contributed by atoms with E-state index in [-0.39, 0.29) is 0 Å². The molecule has 0 aliphatic rings. The maximum absolute atomic E-state index is 3.83. The maximum Gasteiger partial charge on any atom is -0.0288 e. The largest absolute Gasteiger partial charge is 0.103 e. The fourth-order valence-electron chi connectivity index (χ4n) is 1.98. The first kappa shape index (κ1) is 16.2. The fraction of sp³-hybridized carbons (Fsp3) is 0.647. The molecule has 0 radical (unpaired) electrons. The Morgan fingerprint density at radius 2 is 1.82 bits per heavy atom. The van der Waals surface area contributed by atoms with E-state index in [9.17, 15) is 0 Å². The Labute approximate surface area is 109 Å². The van der Waals surface area contributed by atoms with Gasteiger partial charge in [0, 0.05) is 0 Å². The molecule has 0 N–H and O–H groups in total. The Morgan fingerprint density at radius 3 is 2.35 bits per heavy atom. The molecule has 0 amide bonds. The van der Waals surface area contributed by atoms with Crippen LogP contribution < -0.4 is 0 Å². The maximum atomic E-state index is 3.83. The summed E-state index contributed by atoms with van der Waals surface area (Å²) in [6, 6.07) is 0. The molecule has 0 heteroatoms. The van der Waals surface area contributed by atoms with Crippen LogP contribution in [0.5, 0.6) is 0 Å². The number of rotatable bonds is 9. The molecule has 98 valence electrons. The molecule has 0 rings (SSSR count). The van der Waals surface area contributed by atoms with Gasteiger partial charge in [0.25, 0.3) is 0 Å². The van der Waals surface area contributed by atoms with E-state index in [2.05, 4.69) is 52.5 Å². The van der Waals surface area contributed by atoms with Crippen LogP contribution in [0.4, 0.5) is 0 Å². The summed E-state index contributed by atoms with van der Waals surface area (Å²) < 4.78 is 0. The van der Waals surface area contributed by atoms with Crippen molar-refractivity contribution in [1.29, 1.82) is 0 Å². The molecule has 17 heavy (non-hydrogen) atoms. The molecule has 0 aliphatic heterocycles. The molecule has 0 spiro atoms.